The van der Waals surface area contributed by atoms with Crippen molar-refractivity contribution in [1.29, 1.82) is 0 Å². The Morgan fingerprint density at radius 3 is 3.00 bits per heavy atom. The highest BCUT2D eigenvalue weighted by atomic mass is 35.5. The topological polar surface area (TPSA) is 42.1 Å². The maximum atomic E-state index is 6.45. The number of hydrogen-bond acceptors (Lipinski definition) is 3. The summed E-state index contributed by atoms with van der Waals surface area (Å²) in [6, 6.07) is 2.57. The highest BCUT2D eigenvalue weighted by Gasteiger charge is 2.36. The summed E-state index contributed by atoms with van der Waals surface area (Å²) in [7, 11) is 0. The maximum Gasteiger partial charge on any atom is 0.147 e. The molecule has 3 rings (SSSR count). The van der Waals surface area contributed by atoms with E-state index in [0.29, 0.717) is 12.6 Å². The van der Waals surface area contributed by atoms with Gasteiger partial charge in [0.2, 0.25) is 0 Å². The molecule has 1 saturated heterocycles. The summed E-state index contributed by atoms with van der Waals surface area (Å²) in [5, 5.41) is 0.757. The van der Waals surface area contributed by atoms with Crippen LogP contribution in [-0.4, -0.2) is 17.6 Å². The van der Waals surface area contributed by atoms with E-state index in [9.17, 15) is 0 Å². The molecule has 2 fully saturated rings. The number of nitrogens with zero attached hydrogens (tertiary/aromatic N) is 2. The van der Waals surface area contributed by atoms with Gasteiger partial charge in [-0.15, -0.1) is 0 Å². The van der Waals surface area contributed by atoms with E-state index in [1.165, 1.54) is 32.1 Å². The third-order valence-electron chi connectivity index (χ3n) is 4.44. The van der Waals surface area contributed by atoms with Crippen LogP contribution in [0, 0.1) is 5.92 Å². The van der Waals surface area contributed by atoms with Gasteiger partial charge in [-0.2, -0.15) is 0 Å². The van der Waals surface area contributed by atoms with Gasteiger partial charge in [0.25, 0.3) is 0 Å². The molecule has 2 heterocycles. The average molecular weight is 266 g/mol. The quantitative estimate of drug-likeness (QED) is 0.894. The molecule has 0 radical (unpaired) electrons. The number of fused-ring (bicyclic) bond motifs is 1. The molecule has 0 bridgehead atoms. The minimum atomic E-state index is 0.482. The molecule has 1 aromatic heterocycles. The Morgan fingerprint density at radius 1 is 1.33 bits per heavy atom. The Morgan fingerprint density at radius 2 is 2.17 bits per heavy atom. The Bertz CT molecular complexity index is 435. The number of piperidine rings is 1. The van der Waals surface area contributed by atoms with Crippen molar-refractivity contribution in [2.75, 3.05) is 11.4 Å². The molecule has 0 aromatic carbocycles. The fourth-order valence-corrected chi connectivity index (χ4v) is 3.84. The summed E-state index contributed by atoms with van der Waals surface area (Å²) >= 11 is 6.45. The largest absolute Gasteiger partial charge is 0.352 e. The molecule has 1 aliphatic carbocycles. The van der Waals surface area contributed by atoms with Crippen molar-refractivity contribution in [2.45, 2.75) is 44.7 Å². The van der Waals surface area contributed by atoms with Crippen LogP contribution in [-0.2, 0) is 6.54 Å². The van der Waals surface area contributed by atoms with Crippen molar-refractivity contribution in [2.24, 2.45) is 11.7 Å². The summed E-state index contributed by atoms with van der Waals surface area (Å²) in [5.41, 5.74) is 6.73. The lowest BCUT2D eigenvalue weighted by molar-refractivity contribution is 0.360. The van der Waals surface area contributed by atoms with Gasteiger partial charge in [-0.25, -0.2) is 4.98 Å². The monoisotopic (exact) mass is 265 g/mol. The van der Waals surface area contributed by atoms with E-state index < -0.39 is 0 Å². The Hall–Kier alpha value is -0.800. The molecule has 1 saturated carbocycles. The Labute approximate surface area is 113 Å². The van der Waals surface area contributed by atoms with Gasteiger partial charge in [0, 0.05) is 25.3 Å². The first-order valence-electron chi connectivity index (χ1n) is 6.91. The van der Waals surface area contributed by atoms with Gasteiger partial charge in [-0.1, -0.05) is 18.0 Å². The van der Waals surface area contributed by atoms with Gasteiger partial charge < -0.3 is 10.6 Å². The molecule has 1 aliphatic heterocycles. The normalized spacial score (nSPS) is 27.3. The second kappa shape index (κ2) is 5.06. The number of pyridine rings is 1. The summed E-state index contributed by atoms with van der Waals surface area (Å²) in [6.07, 6.45) is 8.47. The number of nitrogens with two attached hydrogens (primary N) is 1. The molecule has 0 spiro atoms. The van der Waals surface area contributed by atoms with Crippen LogP contribution in [0.15, 0.2) is 12.3 Å². The van der Waals surface area contributed by atoms with E-state index in [0.717, 1.165) is 28.9 Å². The van der Waals surface area contributed by atoms with Gasteiger partial charge in [-0.3, -0.25) is 0 Å². The zero-order chi connectivity index (χ0) is 12.5. The highest BCUT2D eigenvalue weighted by molar-refractivity contribution is 6.33. The van der Waals surface area contributed by atoms with Crippen molar-refractivity contribution >= 4 is 17.4 Å². The lowest BCUT2D eigenvalue weighted by Gasteiger charge is -2.39. The molecular formula is C14H20ClN3. The lowest BCUT2D eigenvalue weighted by atomic mass is 9.92. The van der Waals surface area contributed by atoms with E-state index in [-0.39, 0.29) is 0 Å². The molecule has 2 atom stereocenters. The van der Waals surface area contributed by atoms with Crippen molar-refractivity contribution in [3.63, 3.8) is 0 Å². The fraction of sp³-hybridized carbons (Fsp3) is 0.643. The SMILES string of the molecule is NCc1ccnc(N2CCCC3CCCC32)c1Cl. The summed E-state index contributed by atoms with van der Waals surface area (Å²) in [5.74, 6) is 1.80. The molecule has 18 heavy (non-hydrogen) atoms. The fourth-order valence-electron chi connectivity index (χ4n) is 3.55. The standard InChI is InChI=1S/C14H20ClN3/c15-13-11(9-16)6-7-17-14(13)18-8-2-4-10-3-1-5-12(10)18/h6-7,10,12H,1-5,8-9,16H2. The third kappa shape index (κ3) is 1.99. The minimum absolute atomic E-state index is 0.482. The van der Waals surface area contributed by atoms with E-state index in [2.05, 4.69) is 9.88 Å². The molecule has 4 heteroatoms. The van der Waals surface area contributed by atoms with Crippen LogP contribution in [0.2, 0.25) is 5.02 Å². The van der Waals surface area contributed by atoms with Crippen molar-refractivity contribution < 1.29 is 0 Å². The van der Waals surface area contributed by atoms with Crippen LogP contribution >= 0.6 is 11.6 Å². The predicted molar refractivity (Wildman–Crippen MR) is 74.8 cm³/mol. The predicted octanol–water partition coefficient (Wildman–Crippen LogP) is 2.96. The van der Waals surface area contributed by atoms with Crippen molar-refractivity contribution in [3.8, 4) is 0 Å². The molecule has 2 unspecified atom stereocenters. The van der Waals surface area contributed by atoms with Crippen LogP contribution in [0.5, 0.6) is 0 Å². The van der Waals surface area contributed by atoms with Gasteiger partial charge in [0.15, 0.2) is 0 Å². The molecular weight excluding hydrogens is 246 g/mol. The molecule has 0 amide bonds. The Kier molecular flexibility index (Phi) is 3.44. The average Bonchev–Trinajstić information content (AvgIpc) is 2.87. The molecule has 2 aliphatic rings. The second-order valence-corrected chi connectivity index (χ2v) is 5.78. The first-order chi connectivity index (χ1) is 8.81. The summed E-state index contributed by atoms with van der Waals surface area (Å²) in [4.78, 5) is 6.94. The number of rotatable bonds is 2. The lowest BCUT2D eigenvalue weighted by Crippen LogP contribution is -2.43. The number of halogens is 1. The summed E-state index contributed by atoms with van der Waals surface area (Å²) in [6.45, 7) is 1.57. The van der Waals surface area contributed by atoms with Gasteiger partial charge in [0.1, 0.15) is 5.82 Å². The van der Waals surface area contributed by atoms with Gasteiger partial charge in [-0.05, 0) is 43.2 Å². The third-order valence-corrected chi connectivity index (χ3v) is 4.85. The van der Waals surface area contributed by atoms with E-state index in [1.54, 1.807) is 0 Å². The minimum Gasteiger partial charge on any atom is -0.352 e. The highest BCUT2D eigenvalue weighted by Crippen LogP contribution is 2.40. The first-order valence-corrected chi connectivity index (χ1v) is 7.29. The van der Waals surface area contributed by atoms with Crippen LogP contribution < -0.4 is 10.6 Å². The number of anilines is 1. The molecule has 98 valence electrons. The van der Waals surface area contributed by atoms with Crippen LogP contribution in [0.1, 0.15) is 37.7 Å². The smallest absolute Gasteiger partial charge is 0.147 e. The number of hydrogen-bond donors (Lipinski definition) is 1. The van der Waals surface area contributed by atoms with Crippen LogP contribution in [0.4, 0.5) is 5.82 Å². The molecule has 2 N–H and O–H groups in total. The number of aromatic nitrogens is 1. The maximum absolute atomic E-state index is 6.45. The second-order valence-electron chi connectivity index (χ2n) is 5.41. The zero-order valence-electron chi connectivity index (χ0n) is 10.6. The van der Waals surface area contributed by atoms with E-state index in [4.69, 9.17) is 17.3 Å². The molecule has 3 nitrogen and oxygen atoms in total. The Balaban J connectivity index is 1.93. The summed E-state index contributed by atoms with van der Waals surface area (Å²) < 4.78 is 0. The van der Waals surface area contributed by atoms with E-state index >= 15 is 0 Å². The van der Waals surface area contributed by atoms with Crippen molar-refractivity contribution in [1.82, 2.24) is 4.98 Å². The van der Waals surface area contributed by atoms with E-state index in [1.807, 2.05) is 12.3 Å². The zero-order valence-corrected chi connectivity index (χ0v) is 11.4. The van der Waals surface area contributed by atoms with Gasteiger partial charge >= 0.3 is 0 Å². The first kappa shape index (κ1) is 12.2. The molecule has 1 aromatic rings. The van der Waals surface area contributed by atoms with Crippen LogP contribution in [0.3, 0.4) is 0 Å². The van der Waals surface area contributed by atoms with Gasteiger partial charge in [0.05, 0.1) is 5.02 Å². The van der Waals surface area contributed by atoms with Crippen LogP contribution in [0.25, 0.3) is 0 Å². The van der Waals surface area contributed by atoms with Crippen molar-refractivity contribution in [3.05, 3.63) is 22.8 Å².